The van der Waals surface area contributed by atoms with E-state index in [0.717, 1.165) is 30.2 Å². The molecule has 152 valence electrons. The molecule has 0 saturated carbocycles. The number of likely N-dealkylation sites (tertiary alicyclic amines) is 1. The normalized spacial score (nSPS) is 17.6. The van der Waals surface area contributed by atoms with Crippen molar-refractivity contribution < 1.29 is 27.5 Å². The lowest BCUT2D eigenvalue weighted by molar-refractivity contribution is -0.274. The van der Waals surface area contributed by atoms with Gasteiger partial charge in [0.2, 0.25) is 11.8 Å². The molecule has 0 radical (unpaired) electrons. The van der Waals surface area contributed by atoms with Crippen molar-refractivity contribution in [1.29, 1.82) is 0 Å². The highest BCUT2D eigenvalue weighted by molar-refractivity contribution is 7.22. The van der Waals surface area contributed by atoms with Crippen LogP contribution in [0.5, 0.6) is 5.75 Å². The Morgan fingerprint density at radius 3 is 2.86 bits per heavy atom. The molecule has 1 saturated heterocycles. The molecule has 11 heteroatoms. The number of benzene rings is 1. The number of carbonyl (C=O) groups is 2. The lowest BCUT2D eigenvalue weighted by Crippen LogP contribution is -2.50. The first-order valence-corrected chi connectivity index (χ1v) is 9.55. The Bertz CT molecular complexity index is 871. The van der Waals surface area contributed by atoms with Gasteiger partial charge in [-0.3, -0.25) is 9.59 Å². The number of amides is 2. The van der Waals surface area contributed by atoms with Crippen molar-refractivity contribution in [3.05, 3.63) is 18.2 Å². The van der Waals surface area contributed by atoms with E-state index in [9.17, 15) is 22.8 Å². The van der Waals surface area contributed by atoms with Crippen LogP contribution in [0.25, 0.3) is 10.2 Å². The van der Waals surface area contributed by atoms with Crippen LogP contribution in [-0.2, 0) is 9.59 Å². The average Bonchev–Trinajstić information content (AvgIpc) is 3.02. The van der Waals surface area contributed by atoms with Crippen LogP contribution >= 0.6 is 11.3 Å². The van der Waals surface area contributed by atoms with Gasteiger partial charge in [0.25, 0.3) is 0 Å². The number of nitrogens with one attached hydrogen (secondary N) is 1. The Hall–Kier alpha value is -2.40. The maximum Gasteiger partial charge on any atom is 0.573 e. The van der Waals surface area contributed by atoms with Gasteiger partial charge in [-0.15, -0.1) is 13.2 Å². The van der Waals surface area contributed by atoms with Crippen LogP contribution in [0.4, 0.5) is 18.3 Å². The number of alkyl halides is 3. The summed E-state index contributed by atoms with van der Waals surface area (Å²) in [5.74, 6) is -0.885. The van der Waals surface area contributed by atoms with E-state index in [4.69, 9.17) is 5.73 Å². The number of fused-ring (bicyclic) bond motifs is 1. The third kappa shape index (κ3) is 4.90. The quantitative estimate of drug-likeness (QED) is 0.781. The summed E-state index contributed by atoms with van der Waals surface area (Å²) in [4.78, 5) is 30.6. The third-order valence-electron chi connectivity index (χ3n) is 4.31. The van der Waals surface area contributed by atoms with Crippen molar-refractivity contribution in [2.45, 2.75) is 38.1 Å². The number of hydrogen-bond donors (Lipinski definition) is 2. The van der Waals surface area contributed by atoms with Gasteiger partial charge in [0, 0.05) is 25.6 Å². The van der Waals surface area contributed by atoms with E-state index in [2.05, 4.69) is 15.0 Å². The zero-order valence-electron chi connectivity index (χ0n) is 14.8. The molecule has 0 bridgehead atoms. The molecule has 7 nitrogen and oxygen atoms in total. The smallest absolute Gasteiger partial charge is 0.406 e. The second-order valence-electron chi connectivity index (χ2n) is 6.32. The standard InChI is InChI=1S/C17H19F3N4O3S/c18-17(19,20)27-10-4-5-11-13(9-10)28-16(22-11)23-15(26)12-3-1-2-8-24(12)14(25)6-7-21/h4-5,9,12H,1-3,6-8,21H2,(H,22,23,26)/t12-/m0/s1. The van der Waals surface area contributed by atoms with Gasteiger partial charge in [-0.05, 0) is 31.4 Å². The van der Waals surface area contributed by atoms with Crippen molar-refractivity contribution in [2.75, 3.05) is 18.4 Å². The largest absolute Gasteiger partial charge is 0.573 e. The van der Waals surface area contributed by atoms with Crippen LogP contribution < -0.4 is 15.8 Å². The number of hydrogen-bond acceptors (Lipinski definition) is 6. The zero-order valence-corrected chi connectivity index (χ0v) is 15.6. The molecule has 0 aliphatic carbocycles. The molecule has 1 aliphatic heterocycles. The minimum atomic E-state index is -4.78. The maximum atomic E-state index is 12.7. The predicted octanol–water partition coefficient (Wildman–Crippen LogP) is 2.86. The summed E-state index contributed by atoms with van der Waals surface area (Å²) in [5, 5.41) is 2.93. The molecule has 2 amide bonds. The van der Waals surface area contributed by atoms with E-state index in [-0.39, 0.29) is 35.7 Å². The highest BCUT2D eigenvalue weighted by Crippen LogP contribution is 2.32. The Morgan fingerprint density at radius 2 is 2.14 bits per heavy atom. The Labute approximate surface area is 162 Å². The fourth-order valence-corrected chi connectivity index (χ4v) is 4.01. The molecule has 1 aliphatic rings. The summed E-state index contributed by atoms with van der Waals surface area (Å²) in [6, 6.07) is 3.16. The zero-order chi connectivity index (χ0) is 20.3. The van der Waals surface area contributed by atoms with Gasteiger partial charge in [-0.2, -0.15) is 0 Å². The molecule has 1 fully saturated rings. The SMILES string of the molecule is NCCC(=O)N1CCCC[C@H]1C(=O)Nc1nc2ccc(OC(F)(F)F)cc2s1. The van der Waals surface area contributed by atoms with Gasteiger partial charge >= 0.3 is 6.36 Å². The molecular formula is C17H19F3N4O3S. The molecule has 2 heterocycles. The van der Waals surface area contributed by atoms with E-state index in [1.54, 1.807) is 0 Å². The number of anilines is 1. The molecule has 1 aromatic heterocycles. The molecule has 3 rings (SSSR count). The van der Waals surface area contributed by atoms with Gasteiger partial charge in [0.15, 0.2) is 5.13 Å². The first kappa shape index (κ1) is 20.3. The van der Waals surface area contributed by atoms with E-state index < -0.39 is 12.4 Å². The van der Waals surface area contributed by atoms with Gasteiger partial charge < -0.3 is 20.7 Å². The van der Waals surface area contributed by atoms with E-state index in [1.807, 2.05) is 0 Å². The summed E-state index contributed by atoms with van der Waals surface area (Å²) in [7, 11) is 0. The van der Waals surface area contributed by atoms with Crippen LogP contribution in [0, 0.1) is 0 Å². The van der Waals surface area contributed by atoms with Crippen LogP contribution in [0.15, 0.2) is 18.2 Å². The highest BCUT2D eigenvalue weighted by atomic mass is 32.1. The fraction of sp³-hybridized carbons (Fsp3) is 0.471. The monoisotopic (exact) mass is 416 g/mol. The molecule has 0 spiro atoms. The van der Waals surface area contributed by atoms with Crippen LogP contribution in [0.1, 0.15) is 25.7 Å². The van der Waals surface area contributed by atoms with E-state index in [1.165, 1.54) is 17.0 Å². The minimum absolute atomic E-state index is 0.166. The molecule has 1 aromatic carbocycles. The number of nitrogens with two attached hydrogens (primary N) is 1. The van der Waals surface area contributed by atoms with Crippen LogP contribution in [0.2, 0.25) is 0 Å². The second-order valence-corrected chi connectivity index (χ2v) is 7.35. The molecule has 1 atom stereocenters. The number of halogens is 3. The molecule has 2 aromatic rings. The van der Waals surface area contributed by atoms with Crippen molar-refractivity contribution in [2.24, 2.45) is 5.73 Å². The maximum absolute atomic E-state index is 12.7. The van der Waals surface area contributed by atoms with Crippen molar-refractivity contribution in [3.63, 3.8) is 0 Å². The summed E-state index contributed by atoms with van der Waals surface area (Å²) in [6.45, 7) is 0.707. The third-order valence-corrected chi connectivity index (χ3v) is 5.24. The van der Waals surface area contributed by atoms with Crippen LogP contribution in [-0.4, -0.2) is 47.2 Å². The summed E-state index contributed by atoms with van der Waals surface area (Å²) in [5.41, 5.74) is 5.88. The van der Waals surface area contributed by atoms with E-state index in [0.29, 0.717) is 23.2 Å². The number of aromatic nitrogens is 1. The van der Waals surface area contributed by atoms with Crippen molar-refractivity contribution in [1.82, 2.24) is 9.88 Å². The topological polar surface area (TPSA) is 97.6 Å². The minimum Gasteiger partial charge on any atom is -0.406 e. The Kier molecular flexibility index (Phi) is 6.04. The summed E-state index contributed by atoms with van der Waals surface area (Å²) in [6.07, 6.45) is -2.43. The van der Waals surface area contributed by atoms with Gasteiger partial charge in [0.05, 0.1) is 10.2 Å². The number of thiazole rings is 1. The number of rotatable bonds is 5. The lowest BCUT2D eigenvalue weighted by Gasteiger charge is -2.34. The molecule has 0 unspecified atom stereocenters. The molecule has 3 N–H and O–H groups in total. The van der Waals surface area contributed by atoms with Gasteiger partial charge in [0.1, 0.15) is 11.8 Å². The predicted molar refractivity (Wildman–Crippen MR) is 98.0 cm³/mol. The number of nitrogens with zero attached hydrogens (tertiary/aromatic N) is 2. The van der Waals surface area contributed by atoms with Crippen molar-refractivity contribution in [3.8, 4) is 5.75 Å². The van der Waals surface area contributed by atoms with Gasteiger partial charge in [-0.25, -0.2) is 4.98 Å². The van der Waals surface area contributed by atoms with Crippen molar-refractivity contribution >= 4 is 38.5 Å². The summed E-state index contributed by atoms with van der Waals surface area (Å²) >= 11 is 1.04. The number of ether oxygens (including phenoxy) is 1. The Balaban J connectivity index is 1.73. The summed E-state index contributed by atoms with van der Waals surface area (Å²) < 4.78 is 41.4. The molecule has 28 heavy (non-hydrogen) atoms. The second kappa shape index (κ2) is 8.31. The van der Waals surface area contributed by atoms with Gasteiger partial charge in [-0.1, -0.05) is 11.3 Å². The average molecular weight is 416 g/mol. The van der Waals surface area contributed by atoms with Crippen LogP contribution in [0.3, 0.4) is 0 Å². The fourth-order valence-electron chi connectivity index (χ4n) is 3.11. The first-order valence-electron chi connectivity index (χ1n) is 8.73. The lowest BCUT2D eigenvalue weighted by atomic mass is 10.0. The van der Waals surface area contributed by atoms with E-state index >= 15 is 0 Å². The highest BCUT2D eigenvalue weighted by Gasteiger charge is 2.33. The molecular weight excluding hydrogens is 397 g/mol. The number of carbonyl (C=O) groups excluding carboxylic acids is 2. The Morgan fingerprint density at radius 1 is 1.36 bits per heavy atom. The number of piperidine rings is 1. The first-order chi connectivity index (χ1) is 13.3.